The van der Waals surface area contributed by atoms with Crippen LogP contribution >= 0.6 is 0 Å². The Kier molecular flexibility index (Phi) is 4.07. The fourth-order valence-electron chi connectivity index (χ4n) is 3.23. The van der Waals surface area contributed by atoms with E-state index in [0.29, 0.717) is 5.41 Å². The molecule has 1 aromatic rings. The lowest BCUT2D eigenvalue weighted by molar-refractivity contribution is 0.301. The van der Waals surface area contributed by atoms with Crippen molar-refractivity contribution < 1.29 is 0 Å². The molecule has 0 spiro atoms. The van der Waals surface area contributed by atoms with Crippen LogP contribution in [0.1, 0.15) is 52.1 Å². The maximum absolute atomic E-state index is 6.26. The Morgan fingerprint density at radius 2 is 1.95 bits per heavy atom. The van der Waals surface area contributed by atoms with Crippen molar-refractivity contribution in [2.45, 2.75) is 59.9 Å². The Bertz CT molecular complexity index is 432. The van der Waals surface area contributed by atoms with E-state index >= 15 is 0 Å². The van der Waals surface area contributed by atoms with E-state index < -0.39 is 0 Å². The summed E-state index contributed by atoms with van der Waals surface area (Å²) in [7, 11) is 0. The van der Waals surface area contributed by atoms with E-state index in [1.54, 1.807) is 0 Å². The Morgan fingerprint density at radius 1 is 1.26 bits per heavy atom. The van der Waals surface area contributed by atoms with Gasteiger partial charge in [0.2, 0.25) is 0 Å². The van der Waals surface area contributed by atoms with Crippen LogP contribution in [0.5, 0.6) is 0 Å². The van der Waals surface area contributed by atoms with Crippen LogP contribution in [-0.4, -0.2) is 22.9 Å². The lowest BCUT2D eigenvalue weighted by Crippen LogP contribution is -2.28. The van der Waals surface area contributed by atoms with Crippen LogP contribution in [0.15, 0.2) is 0 Å². The zero-order chi connectivity index (χ0) is 14.0. The molecule has 108 valence electrons. The van der Waals surface area contributed by atoms with E-state index in [4.69, 9.17) is 5.73 Å². The summed E-state index contributed by atoms with van der Waals surface area (Å²) >= 11 is 0. The van der Waals surface area contributed by atoms with Crippen molar-refractivity contribution in [3.63, 3.8) is 0 Å². The molecule has 1 fully saturated rings. The molecule has 0 bridgehead atoms. The number of hydrogen-bond acceptors (Lipinski definition) is 3. The summed E-state index contributed by atoms with van der Waals surface area (Å²) in [5, 5.41) is 4.59. The van der Waals surface area contributed by atoms with E-state index in [1.165, 1.54) is 19.3 Å². The molecule has 4 heteroatoms. The van der Waals surface area contributed by atoms with E-state index in [1.807, 2.05) is 6.92 Å². The molecule has 0 radical (unpaired) electrons. The number of nitrogens with zero attached hydrogens (tertiary/aromatic N) is 3. The van der Waals surface area contributed by atoms with Gasteiger partial charge in [-0.25, -0.2) is 4.68 Å². The highest BCUT2D eigenvalue weighted by Crippen LogP contribution is 2.41. The number of hydrogen-bond donors (Lipinski definition) is 1. The average Bonchev–Trinajstić information content (AvgIpc) is 2.94. The molecule has 0 amide bonds. The van der Waals surface area contributed by atoms with E-state index in [9.17, 15) is 0 Å². The van der Waals surface area contributed by atoms with Gasteiger partial charge in [-0.05, 0) is 38.0 Å². The smallest absolute Gasteiger partial charge is 0.150 e. The third-order valence-electron chi connectivity index (χ3n) is 4.82. The molecule has 1 aromatic heterocycles. The number of nitrogens with two attached hydrogens (primary N) is 1. The monoisotopic (exact) mass is 264 g/mol. The summed E-state index contributed by atoms with van der Waals surface area (Å²) in [5.41, 5.74) is 8.57. The minimum atomic E-state index is 0.474. The van der Waals surface area contributed by atoms with Crippen LogP contribution in [0.2, 0.25) is 0 Å². The molecule has 0 unspecified atom stereocenters. The largest absolute Gasteiger partial charge is 0.394 e. The third kappa shape index (κ3) is 2.45. The minimum absolute atomic E-state index is 0.474. The van der Waals surface area contributed by atoms with Gasteiger partial charge in [0.25, 0.3) is 0 Å². The molecule has 2 rings (SSSR count). The van der Waals surface area contributed by atoms with Crippen LogP contribution < -0.4 is 10.6 Å². The van der Waals surface area contributed by atoms with Crippen LogP contribution in [0.3, 0.4) is 0 Å². The number of aromatic nitrogens is 2. The standard InChI is InChI=1S/C15H28N4/c1-5-9-19-14(13(16)12(4)17-19)18-10-8-15(6-2,7-3)11-18/h5-11,16H2,1-4H3. The summed E-state index contributed by atoms with van der Waals surface area (Å²) in [6, 6.07) is 0. The third-order valence-corrected chi connectivity index (χ3v) is 4.82. The predicted octanol–water partition coefficient (Wildman–Crippen LogP) is 3.20. The maximum Gasteiger partial charge on any atom is 0.150 e. The molecule has 1 saturated heterocycles. The summed E-state index contributed by atoms with van der Waals surface area (Å²) in [6.45, 7) is 12.0. The second-order valence-corrected chi connectivity index (χ2v) is 5.92. The zero-order valence-corrected chi connectivity index (χ0v) is 12.9. The highest BCUT2D eigenvalue weighted by Gasteiger charge is 2.37. The first kappa shape index (κ1) is 14.2. The van der Waals surface area contributed by atoms with Crippen molar-refractivity contribution in [2.24, 2.45) is 5.41 Å². The van der Waals surface area contributed by atoms with Crippen molar-refractivity contribution in [3.8, 4) is 0 Å². The van der Waals surface area contributed by atoms with E-state index in [2.05, 4.69) is 35.5 Å². The van der Waals surface area contributed by atoms with Gasteiger partial charge in [-0.2, -0.15) is 5.10 Å². The second kappa shape index (κ2) is 5.43. The van der Waals surface area contributed by atoms with Gasteiger partial charge in [0.15, 0.2) is 5.82 Å². The highest BCUT2D eigenvalue weighted by molar-refractivity contribution is 5.66. The molecule has 0 aliphatic carbocycles. The normalized spacial score (nSPS) is 18.2. The van der Waals surface area contributed by atoms with Crippen LogP contribution in [0.4, 0.5) is 11.5 Å². The summed E-state index contributed by atoms with van der Waals surface area (Å²) in [6.07, 6.45) is 4.87. The van der Waals surface area contributed by atoms with Crippen molar-refractivity contribution in [1.82, 2.24) is 9.78 Å². The zero-order valence-electron chi connectivity index (χ0n) is 12.9. The van der Waals surface area contributed by atoms with Gasteiger partial charge in [-0.3, -0.25) is 0 Å². The quantitative estimate of drug-likeness (QED) is 0.888. The fraction of sp³-hybridized carbons (Fsp3) is 0.800. The fourth-order valence-corrected chi connectivity index (χ4v) is 3.23. The second-order valence-electron chi connectivity index (χ2n) is 5.92. The van der Waals surface area contributed by atoms with Gasteiger partial charge in [-0.15, -0.1) is 0 Å². The number of aryl methyl sites for hydroxylation is 2. The molecular formula is C15H28N4. The van der Waals surface area contributed by atoms with E-state index in [-0.39, 0.29) is 0 Å². The topological polar surface area (TPSA) is 47.1 Å². The van der Waals surface area contributed by atoms with Gasteiger partial charge in [0, 0.05) is 19.6 Å². The van der Waals surface area contributed by atoms with Gasteiger partial charge >= 0.3 is 0 Å². The SMILES string of the molecule is CCCn1nc(C)c(N)c1N1CCC(CC)(CC)C1. The molecule has 2 heterocycles. The van der Waals surface area contributed by atoms with Crippen molar-refractivity contribution >= 4 is 11.5 Å². The number of anilines is 2. The summed E-state index contributed by atoms with van der Waals surface area (Å²) in [5.74, 6) is 1.16. The molecule has 0 aromatic carbocycles. The molecule has 0 atom stereocenters. The first-order chi connectivity index (χ1) is 9.06. The molecule has 1 aliphatic heterocycles. The highest BCUT2D eigenvalue weighted by atomic mass is 15.4. The van der Waals surface area contributed by atoms with Gasteiger partial charge < -0.3 is 10.6 Å². The van der Waals surface area contributed by atoms with Gasteiger partial charge in [0.1, 0.15) is 0 Å². The first-order valence-electron chi connectivity index (χ1n) is 7.64. The molecule has 4 nitrogen and oxygen atoms in total. The molecular weight excluding hydrogens is 236 g/mol. The van der Waals surface area contributed by atoms with Crippen molar-refractivity contribution in [3.05, 3.63) is 5.69 Å². The first-order valence-corrected chi connectivity index (χ1v) is 7.64. The molecule has 0 saturated carbocycles. The molecule has 2 N–H and O–H groups in total. The Balaban J connectivity index is 2.28. The number of rotatable bonds is 5. The summed E-state index contributed by atoms with van der Waals surface area (Å²) < 4.78 is 2.10. The number of nitrogen functional groups attached to an aromatic ring is 1. The lowest BCUT2D eigenvalue weighted by Gasteiger charge is -2.27. The average molecular weight is 264 g/mol. The van der Waals surface area contributed by atoms with E-state index in [0.717, 1.165) is 43.3 Å². The van der Waals surface area contributed by atoms with Crippen LogP contribution in [0.25, 0.3) is 0 Å². The minimum Gasteiger partial charge on any atom is -0.394 e. The van der Waals surface area contributed by atoms with Crippen molar-refractivity contribution in [1.29, 1.82) is 0 Å². The van der Waals surface area contributed by atoms with Crippen molar-refractivity contribution in [2.75, 3.05) is 23.7 Å². The Morgan fingerprint density at radius 3 is 2.47 bits per heavy atom. The molecule has 1 aliphatic rings. The van der Waals surface area contributed by atoms with Gasteiger partial charge in [0.05, 0.1) is 11.4 Å². The summed E-state index contributed by atoms with van der Waals surface area (Å²) in [4.78, 5) is 2.46. The van der Waals surface area contributed by atoms with Crippen LogP contribution in [-0.2, 0) is 6.54 Å². The lowest BCUT2D eigenvalue weighted by atomic mass is 9.82. The Labute approximate surface area is 117 Å². The predicted molar refractivity (Wildman–Crippen MR) is 81.5 cm³/mol. The molecule has 19 heavy (non-hydrogen) atoms. The van der Waals surface area contributed by atoms with Crippen LogP contribution in [0, 0.1) is 12.3 Å². The van der Waals surface area contributed by atoms with Gasteiger partial charge in [-0.1, -0.05) is 20.8 Å². The maximum atomic E-state index is 6.26. The Hall–Kier alpha value is -1.19.